The standard InChI is InChI=1S/C22H24N2O2/c1-23-18(17-9-4-2-5-10-17)13-14-20(23)22(25)24-15-7-3-6-11-19(24)21-12-8-16-26-21/h2,4-5,8-10,12-14,16,19H,3,6-7,11,15H2,1H3. The molecule has 1 aliphatic rings. The molecule has 1 amide bonds. The van der Waals surface area contributed by atoms with E-state index >= 15 is 0 Å². The average molecular weight is 348 g/mol. The highest BCUT2D eigenvalue weighted by atomic mass is 16.3. The molecule has 3 aromatic rings. The predicted octanol–water partition coefficient (Wildman–Crippen LogP) is 5.04. The molecule has 1 fully saturated rings. The second-order valence-electron chi connectivity index (χ2n) is 6.91. The minimum absolute atomic E-state index is 0.0232. The van der Waals surface area contributed by atoms with Crippen LogP contribution in [0.3, 0.4) is 0 Å². The topological polar surface area (TPSA) is 38.4 Å². The first-order valence-corrected chi connectivity index (χ1v) is 9.31. The van der Waals surface area contributed by atoms with Gasteiger partial charge in [0, 0.05) is 19.3 Å². The van der Waals surface area contributed by atoms with Crippen LogP contribution in [0.15, 0.2) is 65.3 Å². The van der Waals surface area contributed by atoms with Crippen molar-refractivity contribution in [2.24, 2.45) is 7.05 Å². The lowest BCUT2D eigenvalue weighted by atomic mass is 10.1. The smallest absolute Gasteiger partial charge is 0.271 e. The van der Waals surface area contributed by atoms with Crippen molar-refractivity contribution in [3.63, 3.8) is 0 Å². The number of amides is 1. The van der Waals surface area contributed by atoms with Gasteiger partial charge in [0.05, 0.1) is 12.3 Å². The summed E-state index contributed by atoms with van der Waals surface area (Å²) in [7, 11) is 1.97. The molecule has 134 valence electrons. The zero-order chi connectivity index (χ0) is 17.9. The lowest BCUT2D eigenvalue weighted by Gasteiger charge is -2.29. The molecule has 4 rings (SSSR count). The monoisotopic (exact) mass is 348 g/mol. The largest absolute Gasteiger partial charge is 0.467 e. The van der Waals surface area contributed by atoms with Crippen LogP contribution in [-0.4, -0.2) is 21.9 Å². The van der Waals surface area contributed by atoms with Gasteiger partial charge in [-0.2, -0.15) is 0 Å². The van der Waals surface area contributed by atoms with E-state index in [4.69, 9.17) is 4.42 Å². The maximum Gasteiger partial charge on any atom is 0.271 e. The van der Waals surface area contributed by atoms with E-state index in [0.717, 1.165) is 54.9 Å². The Morgan fingerprint density at radius 3 is 2.62 bits per heavy atom. The Hall–Kier alpha value is -2.75. The average Bonchev–Trinajstić information content (AvgIpc) is 3.26. The third kappa shape index (κ3) is 3.07. The number of furan rings is 1. The van der Waals surface area contributed by atoms with E-state index in [0.29, 0.717) is 0 Å². The fourth-order valence-corrected chi connectivity index (χ4v) is 3.90. The van der Waals surface area contributed by atoms with Gasteiger partial charge in [-0.3, -0.25) is 4.79 Å². The first-order valence-electron chi connectivity index (χ1n) is 9.31. The highest BCUT2D eigenvalue weighted by Crippen LogP contribution is 2.32. The predicted molar refractivity (Wildman–Crippen MR) is 102 cm³/mol. The Kier molecular flexibility index (Phi) is 4.65. The van der Waals surface area contributed by atoms with Gasteiger partial charge in [-0.1, -0.05) is 43.2 Å². The van der Waals surface area contributed by atoms with Crippen molar-refractivity contribution in [3.8, 4) is 11.3 Å². The van der Waals surface area contributed by atoms with Crippen LogP contribution in [0, 0.1) is 0 Å². The summed E-state index contributed by atoms with van der Waals surface area (Å²) in [6.45, 7) is 0.774. The van der Waals surface area contributed by atoms with E-state index in [2.05, 4.69) is 12.1 Å². The summed E-state index contributed by atoms with van der Waals surface area (Å²) < 4.78 is 7.65. The summed E-state index contributed by atoms with van der Waals surface area (Å²) in [4.78, 5) is 15.4. The number of nitrogens with zero attached hydrogens (tertiary/aromatic N) is 2. The Labute approximate surface area is 154 Å². The van der Waals surface area contributed by atoms with E-state index in [1.54, 1.807) is 6.26 Å². The molecule has 0 radical (unpaired) electrons. The quantitative estimate of drug-likeness (QED) is 0.665. The molecule has 0 spiro atoms. The van der Waals surface area contributed by atoms with Crippen LogP contribution in [-0.2, 0) is 7.05 Å². The lowest BCUT2D eigenvalue weighted by molar-refractivity contribution is 0.0649. The van der Waals surface area contributed by atoms with Crippen LogP contribution in [0.5, 0.6) is 0 Å². The number of carbonyl (C=O) groups is 1. The van der Waals surface area contributed by atoms with E-state index in [1.165, 1.54) is 0 Å². The highest BCUT2D eigenvalue weighted by Gasteiger charge is 2.30. The molecule has 0 saturated carbocycles. The molecule has 1 unspecified atom stereocenters. The summed E-state index contributed by atoms with van der Waals surface area (Å²) in [5, 5.41) is 0. The van der Waals surface area contributed by atoms with Crippen molar-refractivity contribution < 1.29 is 9.21 Å². The van der Waals surface area contributed by atoms with E-state index in [-0.39, 0.29) is 11.9 Å². The first kappa shape index (κ1) is 16.7. The van der Waals surface area contributed by atoms with Crippen molar-refractivity contribution >= 4 is 5.91 Å². The zero-order valence-electron chi connectivity index (χ0n) is 15.1. The molecule has 2 aromatic heterocycles. The van der Waals surface area contributed by atoms with Gasteiger partial charge in [-0.15, -0.1) is 0 Å². The maximum absolute atomic E-state index is 13.4. The third-order valence-corrected chi connectivity index (χ3v) is 5.30. The van der Waals surface area contributed by atoms with Crippen LogP contribution in [0.2, 0.25) is 0 Å². The molecular weight excluding hydrogens is 324 g/mol. The van der Waals surface area contributed by atoms with Crippen molar-refractivity contribution in [2.45, 2.75) is 31.7 Å². The molecule has 4 heteroatoms. The van der Waals surface area contributed by atoms with Crippen molar-refractivity contribution in [2.75, 3.05) is 6.54 Å². The minimum atomic E-state index is 0.0232. The molecule has 0 bridgehead atoms. The second kappa shape index (κ2) is 7.24. The summed E-state index contributed by atoms with van der Waals surface area (Å²) in [5.41, 5.74) is 2.90. The molecule has 1 aromatic carbocycles. The van der Waals surface area contributed by atoms with Gasteiger partial charge in [0.2, 0.25) is 0 Å². The maximum atomic E-state index is 13.4. The molecule has 3 heterocycles. The molecule has 4 nitrogen and oxygen atoms in total. The Balaban J connectivity index is 1.67. The summed E-state index contributed by atoms with van der Waals surface area (Å²) >= 11 is 0. The molecule has 0 N–H and O–H groups in total. The fraction of sp³-hybridized carbons (Fsp3) is 0.318. The Morgan fingerprint density at radius 1 is 1.00 bits per heavy atom. The Morgan fingerprint density at radius 2 is 1.85 bits per heavy atom. The van der Waals surface area contributed by atoms with Crippen molar-refractivity contribution in [1.82, 2.24) is 9.47 Å². The number of hydrogen-bond donors (Lipinski definition) is 0. The van der Waals surface area contributed by atoms with Gasteiger partial charge in [0.15, 0.2) is 0 Å². The Bertz CT molecular complexity index is 865. The zero-order valence-corrected chi connectivity index (χ0v) is 15.1. The van der Waals surface area contributed by atoms with Gasteiger partial charge in [0.25, 0.3) is 5.91 Å². The summed E-state index contributed by atoms with van der Waals surface area (Å²) in [6.07, 6.45) is 5.97. The van der Waals surface area contributed by atoms with Gasteiger partial charge in [0.1, 0.15) is 11.5 Å². The number of benzene rings is 1. The molecular formula is C22H24N2O2. The number of carbonyl (C=O) groups excluding carboxylic acids is 1. The fourth-order valence-electron chi connectivity index (χ4n) is 3.90. The van der Waals surface area contributed by atoms with Gasteiger partial charge >= 0.3 is 0 Å². The second-order valence-corrected chi connectivity index (χ2v) is 6.91. The van der Waals surface area contributed by atoms with Crippen LogP contribution in [0.1, 0.15) is 48.0 Å². The van der Waals surface area contributed by atoms with Gasteiger partial charge in [-0.25, -0.2) is 0 Å². The molecule has 26 heavy (non-hydrogen) atoms. The van der Waals surface area contributed by atoms with Gasteiger partial charge in [-0.05, 0) is 42.7 Å². The lowest BCUT2D eigenvalue weighted by Crippen LogP contribution is -2.35. The number of aromatic nitrogens is 1. The minimum Gasteiger partial charge on any atom is -0.467 e. The normalized spacial score (nSPS) is 17.9. The molecule has 1 aliphatic heterocycles. The molecule has 1 saturated heterocycles. The van der Waals surface area contributed by atoms with Gasteiger partial charge < -0.3 is 13.9 Å². The number of hydrogen-bond acceptors (Lipinski definition) is 2. The number of rotatable bonds is 3. The van der Waals surface area contributed by atoms with E-state index in [1.807, 2.05) is 59.0 Å². The molecule has 0 aliphatic carbocycles. The highest BCUT2D eigenvalue weighted by molar-refractivity contribution is 5.94. The number of likely N-dealkylation sites (tertiary alicyclic amines) is 1. The van der Waals surface area contributed by atoms with Crippen LogP contribution in [0.25, 0.3) is 11.3 Å². The molecule has 1 atom stereocenters. The van der Waals surface area contributed by atoms with Crippen LogP contribution in [0.4, 0.5) is 0 Å². The van der Waals surface area contributed by atoms with Crippen molar-refractivity contribution in [3.05, 3.63) is 72.3 Å². The van der Waals surface area contributed by atoms with E-state index in [9.17, 15) is 4.79 Å². The SMILES string of the molecule is Cn1c(C(=O)N2CCCCCC2c2ccco2)ccc1-c1ccccc1. The van der Waals surface area contributed by atoms with E-state index < -0.39 is 0 Å². The summed E-state index contributed by atoms with van der Waals surface area (Å²) in [6, 6.07) is 18.1. The van der Waals surface area contributed by atoms with Crippen LogP contribution >= 0.6 is 0 Å². The van der Waals surface area contributed by atoms with Crippen LogP contribution < -0.4 is 0 Å². The first-order chi connectivity index (χ1) is 12.8. The third-order valence-electron chi connectivity index (χ3n) is 5.30. The summed E-state index contributed by atoms with van der Waals surface area (Å²) in [5.74, 6) is 0.968. The van der Waals surface area contributed by atoms with Crippen molar-refractivity contribution in [1.29, 1.82) is 0 Å².